The number of carboxylic acids is 1. The number of benzene rings is 3. The third-order valence-corrected chi connectivity index (χ3v) is 6.37. The first-order chi connectivity index (χ1) is 14.9. The van der Waals surface area contributed by atoms with Crippen molar-refractivity contribution in [3.63, 3.8) is 0 Å². The van der Waals surface area contributed by atoms with Crippen LogP contribution in [0.15, 0.2) is 71.2 Å². The molecule has 0 unspecified atom stereocenters. The Bertz CT molecular complexity index is 1120. The zero-order valence-corrected chi connectivity index (χ0v) is 18.9. The highest BCUT2D eigenvalue weighted by Gasteiger charge is 2.42. The SMILES string of the molecule is COC(=O)N(C1c2ccccc2-c2ccccc21)[C@@H](Cc1cc(Br)ccc1Cl)C(=O)O. The predicted molar refractivity (Wildman–Crippen MR) is 122 cm³/mol. The molecule has 0 saturated heterocycles. The van der Waals surface area contributed by atoms with Crippen LogP contribution in [0.5, 0.6) is 0 Å². The van der Waals surface area contributed by atoms with Crippen molar-refractivity contribution in [2.75, 3.05) is 7.11 Å². The first-order valence-corrected chi connectivity index (χ1v) is 10.8. The number of carbonyl (C=O) groups is 2. The van der Waals surface area contributed by atoms with Gasteiger partial charge in [0.05, 0.1) is 13.2 Å². The number of fused-ring (bicyclic) bond motifs is 3. The normalized spacial score (nSPS) is 13.3. The average molecular weight is 501 g/mol. The number of carbonyl (C=O) groups excluding carboxylic acids is 1. The molecule has 158 valence electrons. The number of amides is 1. The summed E-state index contributed by atoms with van der Waals surface area (Å²) in [5.74, 6) is -1.14. The minimum Gasteiger partial charge on any atom is -0.480 e. The van der Waals surface area contributed by atoms with Crippen LogP contribution in [0.4, 0.5) is 4.79 Å². The molecule has 1 aliphatic rings. The van der Waals surface area contributed by atoms with E-state index in [0.717, 1.165) is 26.7 Å². The fourth-order valence-electron chi connectivity index (χ4n) is 4.16. The molecule has 4 rings (SSSR count). The van der Waals surface area contributed by atoms with Crippen molar-refractivity contribution in [1.29, 1.82) is 0 Å². The van der Waals surface area contributed by atoms with E-state index in [1.54, 1.807) is 18.2 Å². The number of hydrogen-bond acceptors (Lipinski definition) is 3. The van der Waals surface area contributed by atoms with E-state index in [-0.39, 0.29) is 6.42 Å². The molecule has 0 spiro atoms. The molecule has 5 nitrogen and oxygen atoms in total. The van der Waals surface area contributed by atoms with Crippen molar-refractivity contribution >= 4 is 39.6 Å². The quantitative estimate of drug-likeness (QED) is 0.471. The summed E-state index contributed by atoms with van der Waals surface area (Å²) in [5.41, 5.74) is 4.29. The molecule has 31 heavy (non-hydrogen) atoms. The molecule has 7 heteroatoms. The molecule has 0 fully saturated rings. The van der Waals surface area contributed by atoms with Crippen LogP contribution < -0.4 is 0 Å². The van der Waals surface area contributed by atoms with Gasteiger partial charge in [-0.05, 0) is 46.0 Å². The first kappa shape index (κ1) is 21.4. The molecule has 0 aliphatic heterocycles. The zero-order chi connectivity index (χ0) is 22.1. The Morgan fingerprint density at radius 2 is 1.65 bits per heavy atom. The maximum absolute atomic E-state index is 13.0. The molecule has 3 aromatic rings. The minimum atomic E-state index is -1.19. The predicted octanol–water partition coefficient (Wildman–Crippen LogP) is 5.94. The van der Waals surface area contributed by atoms with Crippen LogP contribution >= 0.6 is 27.5 Å². The summed E-state index contributed by atoms with van der Waals surface area (Å²) in [6.07, 6.45) is -0.682. The molecule has 1 aliphatic carbocycles. The van der Waals surface area contributed by atoms with E-state index in [4.69, 9.17) is 16.3 Å². The Hall–Kier alpha value is -2.83. The summed E-state index contributed by atoms with van der Waals surface area (Å²) >= 11 is 9.74. The summed E-state index contributed by atoms with van der Waals surface area (Å²) in [6, 6.07) is 18.9. The van der Waals surface area contributed by atoms with Gasteiger partial charge in [-0.25, -0.2) is 9.59 Å². The highest BCUT2D eigenvalue weighted by molar-refractivity contribution is 9.10. The molecular formula is C24H19BrClNO4. The molecule has 0 aromatic heterocycles. The Morgan fingerprint density at radius 1 is 1.06 bits per heavy atom. The Morgan fingerprint density at radius 3 is 2.19 bits per heavy atom. The second-order valence-electron chi connectivity index (χ2n) is 7.25. The lowest BCUT2D eigenvalue weighted by Gasteiger charge is -2.34. The maximum Gasteiger partial charge on any atom is 0.411 e. The van der Waals surface area contributed by atoms with Gasteiger partial charge < -0.3 is 9.84 Å². The summed E-state index contributed by atoms with van der Waals surface area (Å²) in [4.78, 5) is 26.8. The van der Waals surface area contributed by atoms with E-state index in [2.05, 4.69) is 15.9 Å². The second kappa shape index (κ2) is 8.73. The maximum atomic E-state index is 13.0. The number of halogens is 2. The monoisotopic (exact) mass is 499 g/mol. The third kappa shape index (κ3) is 3.93. The largest absolute Gasteiger partial charge is 0.480 e. The lowest BCUT2D eigenvalue weighted by atomic mass is 9.98. The molecule has 1 amide bonds. The second-order valence-corrected chi connectivity index (χ2v) is 8.57. The van der Waals surface area contributed by atoms with Crippen molar-refractivity contribution in [2.24, 2.45) is 0 Å². The summed E-state index contributed by atoms with van der Waals surface area (Å²) in [7, 11) is 1.26. The average Bonchev–Trinajstić information content (AvgIpc) is 3.10. The van der Waals surface area contributed by atoms with Gasteiger partial charge in [-0.2, -0.15) is 0 Å². The molecule has 0 saturated carbocycles. The lowest BCUT2D eigenvalue weighted by Crippen LogP contribution is -2.48. The molecule has 0 radical (unpaired) electrons. The number of methoxy groups -OCH3 is 1. The van der Waals surface area contributed by atoms with Gasteiger partial charge in [0.15, 0.2) is 0 Å². The Labute approximate surface area is 193 Å². The van der Waals surface area contributed by atoms with E-state index in [0.29, 0.717) is 10.6 Å². The van der Waals surface area contributed by atoms with Gasteiger partial charge in [-0.3, -0.25) is 4.90 Å². The van der Waals surface area contributed by atoms with Gasteiger partial charge in [0.25, 0.3) is 0 Å². The van der Waals surface area contributed by atoms with Crippen molar-refractivity contribution < 1.29 is 19.4 Å². The Balaban J connectivity index is 1.86. The fraction of sp³-hybridized carbons (Fsp3) is 0.167. The van der Waals surface area contributed by atoms with Crippen LogP contribution in [0, 0.1) is 0 Å². The van der Waals surface area contributed by atoms with Crippen LogP contribution in [0.25, 0.3) is 11.1 Å². The van der Waals surface area contributed by atoms with Gasteiger partial charge in [0.1, 0.15) is 6.04 Å². The Kier molecular flexibility index (Phi) is 6.03. The van der Waals surface area contributed by atoms with Gasteiger partial charge in [0, 0.05) is 15.9 Å². The van der Waals surface area contributed by atoms with E-state index in [1.165, 1.54) is 12.0 Å². The highest BCUT2D eigenvalue weighted by Crippen LogP contribution is 2.47. The summed E-state index contributed by atoms with van der Waals surface area (Å²) < 4.78 is 5.83. The summed E-state index contributed by atoms with van der Waals surface area (Å²) in [6.45, 7) is 0. The number of rotatable bonds is 5. The standard InChI is InChI=1S/C24H19BrClNO4/c1-31-24(30)27(21(23(28)29)13-14-12-15(25)10-11-20(14)26)22-18-8-4-2-6-16(18)17-7-3-5-9-19(17)22/h2-12,21-22H,13H2,1H3,(H,28,29)/t21-/m0/s1. The van der Waals surface area contributed by atoms with Gasteiger partial charge >= 0.3 is 12.1 Å². The number of hydrogen-bond donors (Lipinski definition) is 1. The number of nitrogens with zero attached hydrogens (tertiary/aromatic N) is 1. The topological polar surface area (TPSA) is 66.8 Å². The van der Waals surface area contributed by atoms with Crippen molar-refractivity contribution in [3.8, 4) is 11.1 Å². The van der Waals surface area contributed by atoms with E-state index < -0.39 is 24.1 Å². The molecule has 0 bridgehead atoms. The molecule has 1 N–H and O–H groups in total. The van der Waals surface area contributed by atoms with Crippen LogP contribution in [0.1, 0.15) is 22.7 Å². The third-order valence-electron chi connectivity index (χ3n) is 5.51. The number of ether oxygens (including phenoxy) is 1. The van der Waals surface area contributed by atoms with Crippen molar-refractivity contribution in [3.05, 3.63) is 92.9 Å². The van der Waals surface area contributed by atoms with Gasteiger partial charge in [-0.1, -0.05) is 76.1 Å². The molecule has 1 atom stereocenters. The molecular weight excluding hydrogens is 482 g/mol. The van der Waals surface area contributed by atoms with Crippen LogP contribution in [-0.2, 0) is 16.0 Å². The van der Waals surface area contributed by atoms with Crippen LogP contribution in [0.2, 0.25) is 5.02 Å². The zero-order valence-electron chi connectivity index (χ0n) is 16.6. The first-order valence-electron chi connectivity index (χ1n) is 9.63. The van der Waals surface area contributed by atoms with E-state index in [1.807, 2.05) is 48.5 Å². The van der Waals surface area contributed by atoms with Crippen LogP contribution in [-0.4, -0.2) is 35.2 Å². The van der Waals surface area contributed by atoms with Crippen molar-refractivity contribution in [2.45, 2.75) is 18.5 Å². The molecule has 3 aromatic carbocycles. The van der Waals surface area contributed by atoms with Crippen molar-refractivity contribution in [1.82, 2.24) is 4.90 Å². The van der Waals surface area contributed by atoms with E-state index >= 15 is 0 Å². The smallest absolute Gasteiger partial charge is 0.411 e. The van der Waals surface area contributed by atoms with Gasteiger partial charge in [-0.15, -0.1) is 0 Å². The highest BCUT2D eigenvalue weighted by atomic mass is 79.9. The minimum absolute atomic E-state index is 0.0313. The van der Waals surface area contributed by atoms with Crippen LogP contribution in [0.3, 0.4) is 0 Å². The number of aliphatic carboxylic acids is 1. The summed E-state index contributed by atoms with van der Waals surface area (Å²) in [5, 5.41) is 10.6. The van der Waals surface area contributed by atoms with Gasteiger partial charge in [0.2, 0.25) is 0 Å². The van der Waals surface area contributed by atoms with E-state index in [9.17, 15) is 14.7 Å². The number of carboxylic acid groups (broad SMARTS) is 1. The molecule has 0 heterocycles. The fourth-order valence-corrected chi connectivity index (χ4v) is 4.76. The lowest BCUT2D eigenvalue weighted by molar-refractivity contribution is -0.143.